The van der Waals surface area contributed by atoms with Gasteiger partial charge >= 0.3 is 0 Å². The predicted molar refractivity (Wildman–Crippen MR) is 155 cm³/mol. The van der Waals surface area contributed by atoms with E-state index in [0.717, 1.165) is 29.9 Å². The Hall–Kier alpha value is -4.99. The van der Waals surface area contributed by atoms with E-state index >= 15 is 0 Å². The Morgan fingerprint density at radius 1 is 0.833 bits per heavy atom. The molecule has 214 valence electrons. The van der Waals surface area contributed by atoms with Gasteiger partial charge in [0.2, 0.25) is 0 Å². The van der Waals surface area contributed by atoms with Crippen LogP contribution in [0.25, 0.3) is 0 Å². The molecule has 0 aliphatic carbocycles. The van der Waals surface area contributed by atoms with Crippen LogP contribution in [0.1, 0.15) is 38.7 Å². The molecule has 3 heterocycles. The molecule has 1 saturated heterocycles. The minimum atomic E-state index is -1.07. The Kier molecular flexibility index (Phi) is 7.20. The summed E-state index contributed by atoms with van der Waals surface area (Å²) in [6.07, 6.45) is 0.961. The van der Waals surface area contributed by atoms with Crippen molar-refractivity contribution < 1.29 is 23.1 Å². The van der Waals surface area contributed by atoms with Crippen molar-refractivity contribution in [1.29, 1.82) is 0 Å². The zero-order valence-electron chi connectivity index (χ0n) is 22.8. The van der Waals surface area contributed by atoms with E-state index in [-0.39, 0.29) is 34.6 Å². The average molecular weight is 571 g/mol. The number of methoxy groups -OCH3 is 1. The predicted octanol–water partition coefficient (Wildman–Crippen LogP) is 5.26. The van der Waals surface area contributed by atoms with Crippen LogP contribution in [0.5, 0.6) is 5.75 Å². The monoisotopic (exact) mass is 570 g/mol. The van der Waals surface area contributed by atoms with Gasteiger partial charge in [0.05, 0.1) is 18.5 Å². The lowest BCUT2D eigenvalue weighted by molar-refractivity contribution is 0.101. The van der Waals surface area contributed by atoms with Crippen molar-refractivity contribution in [2.24, 2.45) is 5.92 Å². The molecule has 1 fully saturated rings. The van der Waals surface area contributed by atoms with E-state index < -0.39 is 17.5 Å². The van der Waals surface area contributed by atoms with Gasteiger partial charge in [0.25, 0.3) is 17.4 Å². The Morgan fingerprint density at radius 2 is 1.60 bits per heavy atom. The molecule has 0 radical (unpaired) electrons. The van der Waals surface area contributed by atoms with Crippen LogP contribution in [-0.4, -0.2) is 36.6 Å². The summed E-state index contributed by atoms with van der Waals surface area (Å²) in [5.74, 6) is -2.02. The number of hydrogen-bond acceptors (Lipinski definition) is 5. The summed E-state index contributed by atoms with van der Waals surface area (Å²) >= 11 is 0. The number of hydrogen-bond donors (Lipinski definition) is 2. The zero-order valence-corrected chi connectivity index (χ0v) is 22.8. The third kappa shape index (κ3) is 5.35. The second kappa shape index (κ2) is 11.1. The molecule has 10 heteroatoms. The minimum Gasteiger partial charge on any atom is -0.497 e. The summed E-state index contributed by atoms with van der Waals surface area (Å²) in [5, 5.41) is 5.55. The smallest absolute Gasteiger partial charge is 0.255 e. The molecular formula is C32H28F2N4O4. The fourth-order valence-corrected chi connectivity index (χ4v) is 5.86. The van der Waals surface area contributed by atoms with E-state index in [1.807, 2.05) is 10.6 Å². The van der Waals surface area contributed by atoms with Crippen molar-refractivity contribution in [2.45, 2.75) is 18.9 Å². The van der Waals surface area contributed by atoms with Crippen LogP contribution in [0.2, 0.25) is 0 Å². The van der Waals surface area contributed by atoms with Crippen LogP contribution in [0.3, 0.4) is 0 Å². The van der Waals surface area contributed by atoms with E-state index in [1.165, 1.54) is 6.07 Å². The number of carbonyl (C=O) groups excluding carboxylic acids is 2. The molecule has 1 aromatic heterocycles. The van der Waals surface area contributed by atoms with Gasteiger partial charge in [0.15, 0.2) is 11.6 Å². The number of halogens is 2. The maximum Gasteiger partial charge on any atom is 0.255 e. The summed E-state index contributed by atoms with van der Waals surface area (Å²) in [4.78, 5) is 41.1. The van der Waals surface area contributed by atoms with E-state index in [4.69, 9.17) is 4.74 Å². The number of rotatable bonds is 6. The molecule has 2 amide bonds. The summed E-state index contributed by atoms with van der Waals surface area (Å²) in [7, 11) is 1.54. The summed E-state index contributed by atoms with van der Waals surface area (Å²) in [5.41, 5.74) is 2.89. The standard InChI is InChI=1S/C32H28F2N4O4/c1-42-24-9-5-20(6-10-24)31(40)36-27-14-21(32(41)35-23-8-11-25(33)26(34)15-23)7-12-29(27)37-16-19-13-22(18-37)28-3-2-4-30(39)38(28)17-19/h2-12,14-15,19,22H,13,16-18H2,1H3,(H,35,41)(H,36,40)/t19-,22+/m1/s1. The first-order chi connectivity index (χ1) is 20.3. The van der Waals surface area contributed by atoms with Crippen molar-refractivity contribution >= 4 is 28.9 Å². The number of nitrogens with one attached hydrogen (secondary N) is 2. The van der Waals surface area contributed by atoms with Crippen molar-refractivity contribution in [1.82, 2.24) is 4.57 Å². The molecule has 2 bridgehead atoms. The topological polar surface area (TPSA) is 92.7 Å². The molecule has 2 aliphatic heterocycles. The number of aromatic nitrogens is 1. The maximum atomic E-state index is 13.7. The molecular weight excluding hydrogens is 542 g/mol. The molecule has 42 heavy (non-hydrogen) atoms. The van der Waals surface area contributed by atoms with Gasteiger partial charge in [-0.05, 0) is 73.0 Å². The number of carbonyl (C=O) groups is 2. The highest BCUT2D eigenvalue weighted by Crippen LogP contribution is 2.39. The van der Waals surface area contributed by atoms with E-state index in [2.05, 4.69) is 15.5 Å². The summed E-state index contributed by atoms with van der Waals surface area (Å²) < 4.78 is 34.1. The van der Waals surface area contributed by atoms with Gasteiger partial charge < -0.3 is 24.8 Å². The minimum absolute atomic E-state index is 0.000468. The van der Waals surface area contributed by atoms with Crippen LogP contribution in [0, 0.1) is 17.6 Å². The lowest BCUT2D eigenvalue weighted by Crippen LogP contribution is -2.47. The van der Waals surface area contributed by atoms with E-state index in [9.17, 15) is 23.2 Å². The lowest BCUT2D eigenvalue weighted by Gasteiger charge is -2.44. The highest BCUT2D eigenvalue weighted by Gasteiger charge is 2.35. The Morgan fingerprint density at radius 3 is 2.36 bits per heavy atom. The van der Waals surface area contributed by atoms with Crippen LogP contribution in [0.15, 0.2) is 83.7 Å². The van der Waals surface area contributed by atoms with Crippen LogP contribution >= 0.6 is 0 Å². The van der Waals surface area contributed by atoms with Crippen LogP contribution in [0.4, 0.5) is 25.8 Å². The number of amides is 2. The van der Waals surface area contributed by atoms with Gasteiger partial charge in [-0.25, -0.2) is 8.78 Å². The molecule has 0 saturated carbocycles. The summed E-state index contributed by atoms with van der Waals surface area (Å²) in [6, 6.07) is 20.1. The molecule has 2 aliphatic rings. The van der Waals surface area contributed by atoms with Gasteiger partial charge in [0, 0.05) is 60.2 Å². The quantitative estimate of drug-likeness (QED) is 0.330. The van der Waals surface area contributed by atoms with Gasteiger partial charge in [-0.15, -0.1) is 0 Å². The van der Waals surface area contributed by atoms with Crippen LogP contribution < -0.4 is 25.8 Å². The number of ether oxygens (including phenoxy) is 1. The average Bonchev–Trinajstić information content (AvgIpc) is 2.99. The number of nitrogens with zero attached hydrogens (tertiary/aromatic N) is 2. The third-order valence-electron chi connectivity index (χ3n) is 7.86. The number of benzene rings is 3. The summed E-state index contributed by atoms with van der Waals surface area (Å²) in [6.45, 7) is 1.92. The second-order valence-corrected chi connectivity index (χ2v) is 10.6. The SMILES string of the molecule is COc1ccc(C(=O)Nc2cc(C(=O)Nc3ccc(F)c(F)c3)ccc2N2C[C@H]3C[C@@H](C2)c2cccc(=O)n2C3)cc1. The van der Waals surface area contributed by atoms with Crippen molar-refractivity contribution in [2.75, 3.05) is 35.7 Å². The van der Waals surface area contributed by atoms with E-state index in [1.54, 1.807) is 61.7 Å². The van der Waals surface area contributed by atoms with Gasteiger partial charge in [-0.3, -0.25) is 14.4 Å². The van der Waals surface area contributed by atoms with Gasteiger partial charge in [-0.2, -0.15) is 0 Å². The largest absolute Gasteiger partial charge is 0.497 e. The van der Waals surface area contributed by atoms with Gasteiger partial charge in [-0.1, -0.05) is 6.07 Å². The fourth-order valence-electron chi connectivity index (χ4n) is 5.86. The Labute approximate surface area is 240 Å². The first kappa shape index (κ1) is 27.2. The van der Waals surface area contributed by atoms with Crippen molar-refractivity contribution in [3.63, 3.8) is 0 Å². The Balaban J connectivity index is 1.32. The van der Waals surface area contributed by atoms with Crippen LogP contribution in [-0.2, 0) is 6.54 Å². The highest BCUT2D eigenvalue weighted by molar-refractivity contribution is 6.09. The lowest BCUT2D eigenvalue weighted by atomic mass is 9.83. The first-order valence-electron chi connectivity index (χ1n) is 13.6. The Bertz CT molecular complexity index is 1740. The zero-order chi connectivity index (χ0) is 29.4. The number of anilines is 3. The molecule has 8 nitrogen and oxygen atoms in total. The molecule has 0 spiro atoms. The normalized spacial score (nSPS) is 17.3. The first-order valence-corrected chi connectivity index (χ1v) is 13.6. The number of pyridine rings is 1. The van der Waals surface area contributed by atoms with E-state index in [0.29, 0.717) is 36.6 Å². The molecule has 3 aromatic carbocycles. The van der Waals surface area contributed by atoms with Gasteiger partial charge in [0.1, 0.15) is 5.75 Å². The number of fused-ring (bicyclic) bond motifs is 4. The molecule has 2 atom stereocenters. The third-order valence-corrected chi connectivity index (χ3v) is 7.86. The molecule has 2 N–H and O–H groups in total. The fraction of sp³-hybridized carbons (Fsp3) is 0.219. The highest BCUT2D eigenvalue weighted by atomic mass is 19.2. The molecule has 4 aromatic rings. The molecule has 6 rings (SSSR count). The van der Waals surface area contributed by atoms with Crippen molar-refractivity contribution in [3.05, 3.63) is 118 Å². The molecule has 0 unspecified atom stereocenters. The number of piperidine rings is 1. The second-order valence-electron chi connectivity index (χ2n) is 10.6. The maximum absolute atomic E-state index is 13.7. The van der Waals surface area contributed by atoms with Crippen molar-refractivity contribution in [3.8, 4) is 5.75 Å².